The highest BCUT2D eigenvalue weighted by molar-refractivity contribution is 5.98. The monoisotopic (exact) mass is 428 g/mol. The first-order chi connectivity index (χ1) is 15.5. The number of ether oxygens (including phenoxy) is 2. The van der Waals surface area contributed by atoms with E-state index in [1.165, 1.54) is 0 Å². The molecule has 0 radical (unpaired) electrons. The maximum Gasteiger partial charge on any atom is 0.310 e. The number of para-hydroxylation sites is 1. The molecule has 0 aliphatic rings. The number of hydrogen-bond donors (Lipinski definition) is 2. The summed E-state index contributed by atoms with van der Waals surface area (Å²) in [6.07, 6.45) is 1.82. The Morgan fingerprint density at radius 3 is 2.72 bits per heavy atom. The SMILES string of the molecule is CCOC(=O)Cc1ccccc1OCc1cc(-c2cccc(C(=N)N)c2)c2occc2c1. The predicted octanol–water partition coefficient (Wildman–Crippen LogP) is 5.07. The lowest BCUT2D eigenvalue weighted by atomic mass is 9.98. The fourth-order valence-corrected chi connectivity index (χ4v) is 3.62. The van der Waals surface area contributed by atoms with Gasteiger partial charge in [0.25, 0.3) is 0 Å². The number of fused-ring (bicyclic) bond motifs is 1. The molecule has 0 fully saturated rings. The fraction of sp³-hybridized carbons (Fsp3) is 0.154. The van der Waals surface area contributed by atoms with Crippen LogP contribution in [0.5, 0.6) is 5.75 Å². The van der Waals surface area contributed by atoms with Crippen molar-refractivity contribution in [3.05, 3.63) is 89.7 Å². The van der Waals surface area contributed by atoms with Gasteiger partial charge in [-0.25, -0.2) is 0 Å². The molecular formula is C26H24N2O4. The molecule has 0 saturated heterocycles. The Kier molecular flexibility index (Phi) is 6.22. The number of amidine groups is 1. The van der Waals surface area contributed by atoms with Gasteiger partial charge in [0.2, 0.25) is 0 Å². The lowest BCUT2D eigenvalue weighted by Crippen LogP contribution is -2.10. The Morgan fingerprint density at radius 2 is 1.91 bits per heavy atom. The van der Waals surface area contributed by atoms with Crippen LogP contribution in [-0.4, -0.2) is 18.4 Å². The zero-order chi connectivity index (χ0) is 22.5. The third-order valence-electron chi connectivity index (χ3n) is 5.10. The van der Waals surface area contributed by atoms with E-state index in [0.717, 1.165) is 33.2 Å². The molecule has 0 saturated carbocycles. The van der Waals surface area contributed by atoms with Gasteiger partial charge in [0.05, 0.1) is 19.3 Å². The van der Waals surface area contributed by atoms with E-state index in [-0.39, 0.29) is 18.2 Å². The molecule has 1 aromatic heterocycles. The largest absolute Gasteiger partial charge is 0.489 e. The number of esters is 1. The highest BCUT2D eigenvalue weighted by atomic mass is 16.5. The van der Waals surface area contributed by atoms with Crippen molar-refractivity contribution in [1.82, 2.24) is 0 Å². The fourth-order valence-electron chi connectivity index (χ4n) is 3.62. The molecule has 0 aliphatic carbocycles. The number of nitrogen functional groups attached to an aromatic ring is 1. The molecule has 0 aliphatic heterocycles. The van der Waals surface area contributed by atoms with Gasteiger partial charge in [-0.3, -0.25) is 10.2 Å². The molecular weight excluding hydrogens is 404 g/mol. The average Bonchev–Trinajstić information content (AvgIpc) is 3.27. The number of furan rings is 1. The van der Waals surface area contributed by atoms with Crippen LogP contribution >= 0.6 is 0 Å². The predicted molar refractivity (Wildman–Crippen MR) is 124 cm³/mol. The van der Waals surface area contributed by atoms with E-state index in [1.54, 1.807) is 19.3 Å². The summed E-state index contributed by atoms with van der Waals surface area (Å²) in [4.78, 5) is 11.9. The molecule has 32 heavy (non-hydrogen) atoms. The van der Waals surface area contributed by atoms with Crippen LogP contribution in [0.4, 0.5) is 0 Å². The van der Waals surface area contributed by atoms with Gasteiger partial charge in [-0.15, -0.1) is 0 Å². The summed E-state index contributed by atoms with van der Waals surface area (Å²) < 4.78 is 16.9. The van der Waals surface area contributed by atoms with E-state index in [9.17, 15) is 4.79 Å². The summed E-state index contributed by atoms with van der Waals surface area (Å²) in [5.74, 6) is 0.379. The van der Waals surface area contributed by atoms with Crippen molar-refractivity contribution in [3.8, 4) is 16.9 Å². The number of benzene rings is 3. The normalized spacial score (nSPS) is 10.8. The second kappa shape index (κ2) is 9.39. The van der Waals surface area contributed by atoms with Crippen molar-refractivity contribution in [2.24, 2.45) is 5.73 Å². The van der Waals surface area contributed by atoms with Gasteiger partial charge in [-0.05, 0) is 48.4 Å². The number of carbonyl (C=O) groups excluding carboxylic acids is 1. The second-order valence-corrected chi connectivity index (χ2v) is 7.36. The van der Waals surface area contributed by atoms with E-state index < -0.39 is 0 Å². The van der Waals surface area contributed by atoms with E-state index >= 15 is 0 Å². The molecule has 3 N–H and O–H groups in total. The maximum absolute atomic E-state index is 11.9. The van der Waals surface area contributed by atoms with E-state index in [1.807, 2.05) is 60.7 Å². The van der Waals surface area contributed by atoms with Crippen LogP contribution in [0.15, 0.2) is 77.4 Å². The van der Waals surface area contributed by atoms with Crippen molar-refractivity contribution in [1.29, 1.82) is 5.41 Å². The Hall–Kier alpha value is -4.06. The summed E-state index contributed by atoms with van der Waals surface area (Å²) in [5, 5.41) is 8.68. The van der Waals surface area contributed by atoms with Crippen LogP contribution in [0.3, 0.4) is 0 Å². The lowest BCUT2D eigenvalue weighted by molar-refractivity contribution is -0.142. The molecule has 1 heterocycles. The molecule has 4 aromatic rings. The van der Waals surface area contributed by atoms with Crippen LogP contribution in [0.25, 0.3) is 22.1 Å². The number of rotatable bonds is 8. The molecule has 0 bridgehead atoms. The summed E-state index contributed by atoms with van der Waals surface area (Å²) in [6.45, 7) is 2.45. The van der Waals surface area contributed by atoms with Crippen molar-refractivity contribution < 1.29 is 18.7 Å². The van der Waals surface area contributed by atoms with Crippen LogP contribution in [0, 0.1) is 5.41 Å². The first kappa shape index (κ1) is 21.2. The second-order valence-electron chi connectivity index (χ2n) is 7.36. The Bertz CT molecular complexity index is 1280. The third kappa shape index (κ3) is 4.64. The highest BCUT2D eigenvalue weighted by Gasteiger charge is 2.13. The van der Waals surface area contributed by atoms with Gasteiger partial charge in [0.15, 0.2) is 0 Å². The molecule has 0 unspecified atom stereocenters. The molecule has 6 nitrogen and oxygen atoms in total. The molecule has 0 atom stereocenters. The highest BCUT2D eigenvalue weighted by Crippen LogP contribution is 2.32. The summed E-state index contributed by atoms with van der Waals surface area (Å²) in [7, 11) is 0. The number of hydrogen-bond acceptors (Lipinski definition) is 5. The van der Waals surface area contributed by atoms with Gasteiger partial charge in [0.1, 0.15) is 23.8 Å². The quantitative estimate of drug-likeness (QED) is 0.232. The van der Waals surface area contributed by atoms with Gasteiger partial charge in [-0.1, -0.05) is 36.4 Å². The molecule has 4 rings (SSSR count). The van der Waals surface area contributed by atoms with Gasteiger partial charge >= 0.3 is 5.97 Å². The zero-order valence-corrected chi connectivity index (χ0v) is 17.8. The van der Waals surface area contributed by atoms with E-state index in [4.69, 9.17) is 25.0 Å². The Morgan fingerprint density at radius 1 is 1.06 bits per heavy atom. The molecule has 162 valence electrons. The average molecular weight is 428 g/mol. The van der Waals surface area contributed by atoms with Crippen molar-refractivity contribution in [2.75, 3.05) is 6.61 Å². The first-order valence-electron chi connectivity index (χ1n) is 10.4. The first-order valence-corrected chi connectivity index (χ1v) is 10.4. The van der Waals surface area contributed by atoms with Crippen molar-refractivity contribution in [3.63, 3.8) is 0 Å². The van der Waals surface area contributed by atoms with Crippen LogP contribution in [0.1, 0.15) is 23.6 Å². The Labute approximate surface area is 186 Å². The topological polar surface area (TPSA) is 98.5 Å². The smallest absolute Gasteiger partial charge is 0.310 e. The van der Waals surface area contributed by atoms with Gasteiger partial charge < -0.3 is 19.6 Å². The van der Waals surface area contributed by atoms with Crippen LogP contribution in [0.2, 0.25) is 0 Å². The number of nitrogens with two attached hydrogens (primary N) is 1. The van der Waals surface area contributed by atoms with Crippen molar-refractivity contribution in [2.45, 2.75) is 20.0 Å². The minimum atomic E-state index is -0.281. The third-order valence-corrected chi connectivity index (χ3v) is 5.10. The number of nitrogens with one attached hydrogen (secondary N) is 1. The summed E-state index contributed by atoms with van der Waals surface area (Å²) in [5.41, 5.74) is 10.6. The Balaban J connectivity index is 1.63. The van der Waals surface area contributed by atoms with Gasteiger partial charge in [0, 0.05) is 22.1 Å². The maximum atomic E-state index is 11.9. The molecule has 3 aromatic carbocycles. The van der Waals surface area contributed by atoms with Crippen LogP contribution in [-0.2, 0) is 22.6 Å². The molecule has 0 spiro atoms. The zero-order valence-electron chi connectivity index (χ0n) is 17.8. The van der Waals surface area contributed by atoms with Crippen molar-refractivity contribution >= 4 is 22.8 Å². The van der Waals surface area contributed by atoms with E-state index in [2.05, 4.69) is 0 Å². The standard InChI is InChI=1S/C26H24N2O4/c1-2-30-24(29)15-19-6-3-4-9-23(19)32-16-17-12-20-10-11-31-25(20)22(13-17)18-7-5-8-21(14-18)26(27)28/h3-14H,2,15-16H2,1H3,(H3,27,28). The minimum absolute atomic E-state index is 0.0141. The van der Waals surface area contributed by atoms with Gasteiger partial charge in [-0.2, -0.15) is 0 Å². The van der Waals surface area contributed by atoms with Crippen LogP contribution < -0.4 is 10.5 Å². The number of carbonyl (C=O) groups is 1. The summed E-state index contributed by atoms with van der Waals surface area (Å²) in [6, 6.07) is 20.9. The molecule has 6 heteroatoms. The van der Waals surface area contributed by atoms with E-state index in [0.29, 0.717) is 24.5 Å². The molecule has 0 amide bonds. The minimum Gasteiger partial charge on any atom is -0.489 e. The lowest BCUT2D eigenvalue weighted by Gasteiger charge is -2.13. The summed E-state index contributed by atoms with van der Waals surface area (Å²) >= 11 is 0.